The predicted octanol–water partition coefficient (Wildman–Crippen LogP) is 2.25. The largest absolute Gasteiger partial charge is 0.330 e. The molecule has 0 saturated carbocycles. The van der Waals surface area contributed by atoms with Gasteiger partial charge in [-0.15, -0.1) is 0 Å². The van der Waals surface area contributed by atoms with Crippen LogP contribution in [0.2, 0.25) is 5.02 Å². The van der Waals surface area contributed by atoms with Gasteiger partial charge >= 0.3 is 0 Å². The first-order valence-electron chi connectivity index (χ1n) is 4.94. The van der Waals surface area contributed by atoms with Crippen LogP contribution in [0.1, 0.15) is 12.5 Å². The molecule has 3 nitrogen and oxygen atoms in total. The van der Waals surface area contributed by atoms with Gasteiger partial charge < -0.3 is 4.90 Å². The van der Waals surface area contributed by atoms with Crippen LogP contribution in [0, 0.1) is 11.3 Å². The average molecular weight is 237 g/mol. The summed E-state index contributed by atoms with van der Waals surface area (Å²) in [4.78, 5) is 13.2. The normalized spacial score (nSPS) is 11.6. The molecule has 0 aromatic heterocycles. The number of amides is 1. The molecule has 84 valence electrons. The maximum Gasteiger partial charge on any atom is 0.227 e. The highest BCUT2D eigenvalue weighted by atomic mass is 35.5. The van der Waals surface area contributed by atoms with Crippen LogP contribution in [0.25, 0.3) is 0 Å². The predicted molar refractivity (Wildman–Crippen MR) is 63.0 cm³/mol. The van der Waals surface area contributed by atoms with E-state index in [9.17, 15) is 4.79 Å². The number of nitriles is 1. The van der Waals surface area contributed by atoms with Crippen molar-refractivity contribution in [3.63, 3.8) is 0 Å². The van der Waals surface area contributed by atoms with Crippen molar-refractivity contribution in [3.05, 3.63) is 34.9 Å². The van der Waals surface area contributed by atoms with Crippen LogP contribution in [0.3, 0.4) is 0 Å². The van der Waals surface area contributed by atoms with Crippen molar-refractivity contribution in [1.82, 2.24) is 4.90 Å². The van der Waals surface area contributed by atoms with E-state index in [2.05, 4.69) is 0 Å². The molecule has 1 unspecified atom stereocenters. The number of likely N-dealkylation sites (N-methyl/N-ethyl adjacent to an activating group) is 1. The number of halogens is 1. The van der Waals surface area contributed by atoms with Crippen molar-refractivity contribution in [2.45, 2.75) is 19.4 Å². The van der Waals surface area contributed by atoms with Crippen molar-refractivity contribution in [2.24, 2.45) is 0 Å². The van der Waals surface area contributed by atoms with E-state index >= 15 is 0 Å². The van der Waals surface area contributed by atoms with E-state index in [4.69, 9.17) is 16.9 Å². The summed E-state index contributed by atoms with van der Waals surface area (Å²) in [6, 6.07) is 8.77. The SMILES string of the molecule is CC(C#N)N(C)C(=O)Cc1cccc(Cl)c1. The molecule has 0 heterocycles. The zero-order valence-corrected chi connectivity index (χ0v) is 10.0. The molecular weight excluding hydrogens is 224 g/mol. The van der Waals surface area contributed by atoms with E-state index in [-0.39, 0.29) is 12.3 Å². The zero-order chi connectivity index (χ0) is 12.1. The molecule has 1 atom stereocenters. The Balaban J connectivity index is 2.69. The molecule has 1 amide bonds. The Morgan fingerprint density at radius 1 is 1.62 bits per heavy atom. The third kappa shape index (κ3) is 3.25. The lowest BCUT2D eigenvalue weighted by molar-refractivity contribution is -0.130. The highest BCUT2D eigenvalue weighted by molar-refractivity contribution is 6.30. The monoisotopic (exact) mass is 236 g/mol. The first kappa shape index (κ1) is 12.5. The molecule has 0 saturated heterocycles. The summed E-state index contributed by atoms with van der Waals surface area (Å²) in [7, 11) is 1.63. The molecule has 1 rings (SSSR count). The minimum atomic E-state index is -0.410. The highest BCUT2D eigenvalue weighted by Crippen LogP contribution is 2.12. The molecule has 0 radical (unpaired) electrons. The van der Waals surface area contributed by atoms with Gasteiger partial charge in [0.25, 0.3) is 0 Å². The van der Waals surface area contributed by atoms with E-state index in [1.807, 2.05) is 12.1 Å². The standard InChI is InChI=1S/C12H13ClN2O/c1-9(8-14)15(2)12(16)7-10-4-3-5-11(13)6-10/h3-6,9H,7H2,1-2H3. The summed E-state index contributed by atoms with van der Waals surface area (Å²) in [5, 5.41) is 9.31. The number of carbonyl (C=O) groups excluding carboxylic acids is 1. The maximum atomic E-state index is 11.8. The molecule has 0 aliphatic carbocycles. The molecule has 1 aromatic rings. The fraction of sp³-hybridized carbons (Fsp3) is 0.333. The van der Waals surface area contributed by atoms with Gasteiger partial charge in [0.05, 0.1) is 12.5 Å². The van der Waals surface area contributed by atoms with Gasteiger partial charge in [-0.2, -0.15) is 5.26 Å². The lowest BCUT2D eigenvalue weighted by Gasteiger charge is -2.19. The first-order valence-corrected chi connectivity index (χ1v) is 5.32. The van der Waals surface area contributed by atoms with E-state index < -0.39 is 6.04 Å². The first-order chi connectivity index (χ1) is 7.54. The third-order valence-electron chi connectivity index (χ3n) is 2.41. The fourth-order valence-corrected chi connectivity index (χ4v) is 1.46. The summed E-state index contributed by atoms with van der Waals surface area (Å²) >= 11 is 5.82. The van der Waals surface area contributed by atoms with Crippen LogP contribution in [0.5, 0.6) is 0 Å². The fourth-order valence-electron chi connectivity index (χ4n) is 1.25. The molecule has 16 heavy (non-hydrogen) atoms. The third-order valence-corrected chi connectivity index (χ3v) is 2.64. The summed E-state index contributed by atoms with van der Waals surface area (Å²) in [6.07, 6.45) is 0.267. The highest BCUT2D eigenvalue weighted by Gasteiger charge is 2.15. The zero-order valence-electron chi connectivity index (χ0n) is 9.27. The number of carbonyl (C=O) groups is 1. The smallest absolute Gasteiger partial charge is 0.227 e. The van der Waals surface area contributed by atoms with Crippen LogP contribution in [-0.2, 0) is 11.2 Å². The van der Waals surface area contributed by atoms with Crippen molar-refractivity contribution in [2.75, 3.05) is 7.05 Å². The van der Waals surface area contributed by atoms with Crippen LogP contribution >= 0.6 is 11.6 Å². The van der Waals surface area contributed by atoms with Crippen molar-refractivity contribution >= 4 is 17.5 Å². The summed E-state index contributed by atoms with van der Waals surface area (Å²) in [5.74, 6) is -0.0867. The Labute approximate surface area is 100 Å². The van der Waals surface area contributed by atoms with Gasteiger partial charge in [-0.05, 0) is 24.6 Å². The molecule has 0 aliphatic rings. The summed E-state index contributed by atoms with van der Waals surface area (Å²) in [5.41, 5.74) is 0.856. The molecule has 4 heteroatoms. The number of rotatable bonds is 3. The number of hydrogen-bond acceptors (Lipinski definition) is 2. The molecule has 0 N–H and O–H groups in total. The number of benzene rings is 1. The van der Waals surface area contributed by atoms with E-state index in [0.717, 1.165) is 5.56 Å². The molecular formula is C12H13ClN2O. The second-order valence-electron chi connectivity index (χ2n) is 3.62. The summed E-state index contributed by atoms with van der Waals surface area (Å²) in [6.45, 7) is 1.69. The second-order valence-corrected chi connectivity index (χ2v) is 4.05. The number of nitrogens with zero attached hydrogens (tertiary/aromatic N) is 2. The van der Waals surface area contributed by atoms with Crippen LogP contribution in [0.15, 0.2) is 24.3 Å². The lowest BCUT2D eigenvalue weighted by Crippen LogP contribution is -2.35. The molecule has 0 spiro atoms. The van der Waals surface area contributed by atoms with E-state index in [1.54, 1.807) is 32.2 Å². The van der Waals surface area contributed by atoms with E-state index in [0.29, 0.717) is 5.02 Å². The Hall–Kier alpha value is -1.53. The van der Waals surface area contributed by atoms with Crippen LogP contribution in [-0.4, -0.2) is 23.9 Å². The molecule has 1 aromatic carbocycles. The minimum absolute atomic E-state index is 0.0867. The lowest BCUT2D eigenvalue weighted by atomic mass is 10.1. The number of hydrogen-bond donors (Lipinski definition) is 0. The van der Waals surface area contributed by atoms with Crippen molar-refractivity contribution in [3.8, 4) is 6.07 Å². The van der Waals surface area contributed by atoms with Crippen molar-refractivity contribution < 1.29 is 4.79 Å². The van der Waals surface area contributed by atoms with Gasteiger partial charge in [0, 0.05) is 12.1 Å². The Morgan fingerprint density at radius 3 is 2.88 bits per heavy atom. The van der Waals surface area contributed by atoms with Gasteiger partial charge in [-0.1, -0.05) is 23.7 Å². The van der Waals surface area contributed by atoms with Crippen LogP contribution < -0.4 is 0 Å². The van der Waals surface area contributed by atoms with Crippen LogP contribution in [0.4, 0.5) is 0 Å². The Morgan fingerprint density at radius 2 is 2.31 bits per heavy atom. The van der Waals surface area contributed by atoms with Crippen molar-refractivity contribution in [1.29, 1.82) is 5.26 Å². The average Bonchev–Trinajstić information content (AvgIpc) is 2.27. The minimum Gasteiger partial charge on any atom is -0.330 e. The molecule has 0 fully saturated rings. The second kappa shape index (κ2) is 5.53. The van der Waals surface area contributed by atoms with E-state index in [1.165, 1.54) is 4.90 Å². The maximum absolute atomic E-state index is 11.8. The Kier molecular flexibility index (Phi) is 4.33. The van der Waals surface area contributed by atoms with Gasteiger partial charge in [0.2, 0.25) is 5.91 Å². The van der Waals surface area contributed by atoms with Gasteiger partial charge in [-0.25, -0.2) is 0 Å². The molecule has 0 aliphatic heterocycles. The molecule has 0 bridgehead atoms. The summed E-state index contributed by atoms with van der Waals surface area (Å²) < 4.78 is 0. The van der Waals surface area contributed by atoms with Gasteiger partial charge in [0.1, 0.15) is 6.04 Å². The quantitative estimate of drug-likeness (QED) is 0.808. The topological polar surface area (TPSA) is 44.1 Å². The van der Waals surface area contributed by atoms with Gasteiger partial charge in [0.15, 0.2) is 0 Å². The van der Waals surface area contributed by atoms with Gasteiger partial charge in [-0.3, -0.25) is 4.79 Å². The Bertz CT molecular complexity index is 425.